The van der Waals surface area contributed by atoms with Crippen LogP contribution in [0.1, 0.15) is 70.6 Å². The van der Waals surface area contributed by atoms with Gasteiger partial charge in [0, 0.05) is 27.4 Å². The van der Waals surface area contributed by atoms with Crippen LogP contribution in [0.15, 0.2) is 0 Å². The van der Waals surface area contributed by atoms with Crippen LogP contribution in [0.25, 0.3) is 0 Å². The number of aliphatic hydroxyl groups is 1. The number of hydrogen-bond donors (Lipinski definition) is 1. The summed E-state index contributed by atoms with van der Waals surface area (Å²) in [5.74, 6) is 0. The van der Waals surface area contributed by atoms with Crippen LogP contribution >= 0.6 is 0 Å². The lowest BCUT2D eigenvalue weighted by molar-refractivity contribution is -0.146. The molecule has 0 fully saturated rings. The first-order chi connectivity index (χ1) is 18.8. The summed E-state index contributed by atoms with van der Waals surface area (Å²) in [5, 5.41) is 10.0. The highest BCUT2D eigenvalue weighted by atomic mass is 28.4. The van der Waals surface area contributed by atoms with Crippen LogP contribution < -0.4 is 0 Å². The first-order valence-corrected chi connectivity index (χ1v) is 16.0. The molecule has 1 atom stereocenters. The minimum Gasteiger partial charge on any atom is -0.391 e. The van der Waals surface area contributed by atoms with Gasteiger partial charge in [-0.15, -0.1) is 0 Å². The van der Waals surface area contributed by atoms with Gasteiger partial charge in [0.1, 0.15) is 6.79 Å². The van der Waals surface area contributed by atoms with Crippen molar-refractivity contribution >= 4 is 8.80 Å². The maximum Gasteiger partial charge on any atom is 0.500 e. The second-order valence-corrected chi connectivity index (χ2v) is 12.4. The number of unbranched alkanes of at least 4 members (excludes halogenated alkanes) is 8. The molecule has 0 heterocycles. The molecule has 0 spiro atoms. The van der Waals surface area contributed by atoms with E-state index < -0.39 is 27.5 Å². The topological polar surface area (TPSA) is 94.1 Å². The van der Waals surface area contributed by atoms with Crippen molar-refractivity contribution in [3.63, 3.8) is 0 Å². The van der Waals surface area contributed by atoms with Gasteiger partial charge in [-0.2, -0.15) is 13.2 Å². The van der Waals surface area contributed by atoms with Crippen molar-refractivity contribution in [2.45, 2.75) is 89.0 Å². The average molecular weight is 595 g/mol. The summed E-state index contributed by atoms with van der Waals surface area (Å²) in [4.78, 5) is 0. The Hall–Kier alpha value is -0.353. The van der Waals surface area contributed by atoms with Gasteiger partial charge in [-0.3, -0.25) is 0 Å². The molecule has 236 valence electrons. The molecular weight excluding hydrogens is 541 g/mol. The van der Waals surface area contributed by atoms with E-state index in [-0.39, 0.29) is 26.6 Å². The number of hydrogen-bond acceptors (Lipinski definition) is 9. The van der Waals surface area contributed by atoms with Crippen LogP contribution in [-0.4, -0.2) is 107 Å². The number of aliphatic hydroxyl groups excluding tert-OH is 1. The molecule has 9 nitrogen and oxygen atoms in total. The van der Waals surface area contributed by atoms with E-state index >= 15 is 0 Å². The third kappa shape index (κ3) is 26.3. The Morgan fingerprint density at radius 1 is 0.590 bits per heavy atom. The highest BCUT2D eigenvalue weighted by Gasteiger charge is 2.36. The predicted octanol–water partition coefficient (Wildman–Crippen LogP) is 5.12. The Bertz CT molecular complexity index is 507. The van der Waals surface area contributed by atoms with Crippen molar-refractivity contribution in [1.82, 2.24) is 0 Å². The Balaban J connectivity index is 3.29. The quantitative estimate of drug-likeness (QED) is 0.0691. The van der Waals surface area contributed by atoms with E-state index in [1.807, 2.05) is 0 Å². The molecule has 0 radical (unpaired) electrons. The highest BCUT2D eigenvalue weighted by molar-refractivity contribution is 6.60. The third-order valence-corrected chi connectivity index (χ3v) is 8.91. The Morgan fingerprint density at radius 2 is 1.03 bits per heavy atom. The summed E-state index contributed by atoms with van der Waals surface area (Å²) in [6, 6.07) is 0.863. The lowest BCUT2D eigenvalue weighted by Crippen LogP contribution is -2.42. The largest absolute Gasteiger partial charge is 0.500 e. The Kier molecular flexibility index (Phi) is 26.3. The van der Waals surface area contributed by atoms with Crippen molar-refractivity contribution in [2.24, 2.45) is 0 Å². The number of halogens is 3. The number of ether oxygens (including phenoxy) is 5. The van der Waals surface area contributed by atoms with Gasteiger partial charge in [0.2, 0.25) is 0 Å². The first-order valence-electron chi connectivity index (χ1n) is 14.1. The van der Waals surface area contributed by atoms with Gasteiger partial charge < -0.3 is 42.1 Å². The molecule has 0 amide bonds. The van der Waals surface area contributed by atoms with Crippen molar-refractivity contribution in [1.29, 1.82) is 0 Å². The average Bonchev–Trinajstić information content (AvgIpc) is 2.91. The Morgan fingerprint density at radius 3 is 1.54 bits per heavy atom. The van der Waals surface area contributed by atoms with E-state index in [9.17, 15) is 18.3 Å². The molecule has 0 aliphatic heterocycles. The maximum absolute atomic E-state index is 11.9. The second-order valence-electron chi connectivity index (χ2n) is 9.27. The molecular formula is C26H53F3O9Si. The summed E-state index contributed by atoms with van der Waals surface area (Å²) in [5.41, 5.74) is 0. The van der Waals surface area contributed by atoms with Gasteiger partial charge in [0.25, 0.3) is 0 Å². The minimum atomic E-state index is -4.20. The molecule has 0 aliphatic carbocycles. The molecule has 0 aromatic carbocycles. The van der Waals surface area contributed by atoms with E-state index in [0.29, 0.717) is 33.0 Å². The molecule has 0 saturated carbocycles. The fourth-order valence-corrected chi connectivity index (χ4v) is 5.54. The fraction of sp³-hybridized carbons (Fsp3) is 1.00. The Labute approximate surface area is 234 Å². The highest BCUT2D eigenvalue weighted by Crippen LogP contribution is 2.19. The van der Waals surface area contributed by atoms with Crippen molar-refractivity contribution in [3.05, 3.63) is 0 Å². The van der Waals surface area contributed by atoms with E-state index in [4.69, 9.17) is 37.0 Å². The molecule has 0 aromatic rings. The van der Waals surface area contributed by atoms with Crippen LogP contribution in [0.5, 0.6) is 0 Å². The van der Waals surface area contributed by atoms with Gasteiger partial charge in [-0.1, -0.05) is 51.4 Å². The number of rotatable bonds is 30. The molecule has 1 unspecified atom stereocenters. The van der Waals surface area contributed by atoms with Gasteiger partial charge in [-0.25, -0.2) is 0 Å². The summed E-state index contributed by atoms with van der Waals surface area (Å²) >= 11 is 0. The molecule has 0 aliphatic rings. The van der Waals surface area contributed by atoms with Crippen LogP contribution in [0, 0.1) is 0 Å². The minimum absolute atomic E-state index is 0.0923. The lowest BCUT2D eigenvalue weighted by atomic mass is 10.1. The summed E-state index contributed by atoms with van der Waals surface area (Å²) < 4.78 is 78.1. The smallest absolute Gasteiger partial charge is 0.391 e. The molecule has 1 N–H and O–H groups in total. The van der Waals surface area contributed by atoms with Crippen LogP contribution in [0.4, 0.5) is 13.2 Å². The predicted molar refractivity (Wildman–Crippen MR) is 144 cm³/mol. The zero-order chi connectivity index (χ0) is 29.1. The maximum atomic E-state index is 11.9. The SMILES string of the molecule is CO[Si](CCCCCCCCCCCC(O)COCCOCOCCOCCOCCC(F)(F)F)(OC)OC. The fourth-order valence-electron chi connectivity index (χ4n) is 3.74. The normalized spacial score (nSPS) is 13.3. The van der Waals surface area contributed by atoms with Crippen molar-refractivity contribution in [2.75, 3.05) is 81.0 Å². The van der Waals surface area contributed by atoms with Gasteiger partial charge >= 0.3 is 15.0 Å². The van der Waals surface area contributed by atoms with Crippen LogP contribution in [0.2, 0.25) is 6.04 Å². The van der Waals surface area contributed by atoms with E-state index in [0.717, 1.165) is 31.7 Å². The van der Waals surface area contributed by atoms with Crippen LogP contribution in [0.3, 0.4) is 0 Å². The second kappa shape index (κ2) is 26.5. The van der Waals surface area contributed by atoms with Crippen molar-refractivity contribution in [3.8, 4) is 0 Å². The summed E-state index contributed by atoms with van der Waals surface area (Å²) in [6.45, 7) is 1.69. The third-order valence-electron chi connectivity index (χ3n) is 6.08. The molecule has 0 bridgehead atoms. The zero-order valence-electron chi connectivity index (χ0n) is 24.3. The summed E-state index contributed by atoms with van der Waals surface area (Å²) in [6.07, 6.45) is 5.59. The van der Waals surface area contributed by atoms with E-state index in [1.54, 1.807) is 21.3 Å². The van der Waals surface area contributed by atoms with Gasteiger partial charge in [0.15, 0.2) is 0 Å². The first kappa shape index (κ1) is 38.6. The molecule has 0 rings (SSSR count). The zero-order valence-corrected chi connectivity index (χ0v) is 25.3. The van der Waals surface area contributed by atoms with E-state index in [2.05, 4.69) is 0 Å². The molecule has 0 saturated heterocycles. The molecule has 13 heteroatoms. The van der Waals surface area contributed by atoms with E-state index in [1.165, 1.54) is 38.5 Å². The standard InChI is InChI=1S/C26H53F3O9Si/c1-31-39(32-2,33-3)22-12-10-8-6-4-5-7-9-11-13-25(30)23-36-19-21-38-24-37-20-18-35-17-16-34-15-14-26(27,28)29/h25,30H,4-24H2,1-3H3. The van der Waals surface area contributed by atoms with Crippen LogP contribution in [-0.2, 0) is 37.0 Å². The lowest BCUT2D eigenvalue weighted by Gasteiger charge is -2.24. The van der Waals surface area contributed by atoms with Crippen molar-refractivity contribution < 1.29 is 55.2 Å². The van der Waals surface area contributed by atoms with Gasteiger partial charge in [-0.05, 0) is 12.8 Å². The monoisotopic (exact) mass is 594 g/mol. The van der Waals surface area contributed by atoms with Gasteiger partial charge in [0.05, 0.1) is 65.4 Å². The molecule has 0 aromatic heterocycles. The number of alkyl halides is 3. The summed E-state index contributed by atoms with van der Waals surface area (Å²) in [7, 11) is 2.55. The molecule has 39 heavy (non-hydrogen) atoms.